The molecule has 3 nitrogen and oxygen atoms in total. The molecule has 3 rings (SSSR count). The molecule has 3 heteroatoms. The number of likely N-dealkylation sites (tertiary alicyclic amines) is 1. The number of likely N-dealkylation sites (N-methyl/N-ethyl adjacent to an activating group) is 1. The number of fused-ring (bicyclic) bond motifs is 2. The molecule has 1 N–H and O–H groups in total. The summed E-state index contributed by atoms with van der Waals surface area (Å²) in [5.74, 6) is 0.908. The van der Waals surface area contributed by atoms with E-state index >= 15 is 0 Å². The Balaban J connectivity index is 1.54. The molecule has 3 aliphatic heterocycles. The van der Waals surface area contributed by atoms with E-state index in [4.69, 9.17) is 0 Å². The van der Waals surface area contributed by atoms with E-state index in [9.17, 15) is 0 Å². The second-order valence-electron chi connectivity index (χ2n) is 6.31. The zero-order chi connectivity index (χ0) is 11.7. The molecule has 98 valence electrons. The van der Waals surface area contributed by atoms with E-state index in [2.05, 4.69) is 22.2 Å². The smallest absolute Gasteiger partial charge is 0.0223 e. The summed E-state index contributed by atoms with van der Waals surface area (Å²) in [5, 5.41) is 3.55. The van der Waals surface area contributed by atoms with Crippen LogP contribution >= 0.6 is 0 Å². The average Bonchev–Trinajstić information content (AvgIpc) is 2.59. The molecule has 0 aromatic rings. The standard InChI is InChI=1S/C14H27N3/c1-16-13-4-5-14(16)11-17(8-6-13)10-12-3-2-7-15-9-12/h12-15H,2-11H2,1H3. The Bertz CT molecular complexity index is 250. The maximum atomic E-state index is 3.55. The van der Waals surface area contributed by atoms with Gasteiger partial charge in [0.1, 0.15) is 0 Å². The molecular weight excluding hydrogens is 210 g/mol. The summed E-state index contributed by atoms with van der Waals surface area (Å²) < 4.78 is 0. The maximum Gasteiger partial charge on any atom is 0.0223 e. The summed E-state index contributed by atoms with van der Waals surface area (Å²) in [6, 6.07) is 1.73. The maximum absolute atomic E-state index is 3.55. The lowest BCUT2D eigenvalue weighted by Gasteiger charge is -2.31. The van der Waals surface area contributed by atoms with Gasteiger partial charge < -0.3 is 10.2 Å². The molecule has 3 saturated heterocycles. The molecule has 0 spiro atoms. The quantitative estimate of drug-likeness (QED) is 0.777. The van der Waals surface area contributed by atoms with E-state index in [0.717, 1.165) is 18.0 Å². The highest BCUT2D eigenvalue weighted by Crippen LogP contribution is 2.29. The van der Waals surface area contributed by atoms with Gasteiger partial charge in [0.2, 0.25) is 0 Å². The molecule has 0 amide bonds. The van der Waals surface area contributed by atoms with Gasteiger partial charge in [-0.25, -0.2) is 0 Å². The van der Waals surface area contributed by atoms with Crippen molar-refractivity contribution in [2.75, 3.05) is 39.8 Å². The largest absolute Gasteiger partial charge is 0.316 e. The first-order chi connectivity index (χ1) is 8.33. The fraction of sp³-hybridized carbons (Fsp3) is 1.00. The van der Waals surface area contributed by atoms with Crippen molar-refractivity contribution in [3.05, 3.63) is 0 Å². The number of hydrogen-bond donors (Lipinski definition) is 1. The molecule has 17 heavy (non-hydrogen) atoms. The van der Waals surface area contributed by atoms with E-state index in [0.29, 0.717) is 0 Å². The normalized spacial score (nSPS) is 40.4. The second-order valence-corrected chi connectivity index (χ2v) is 6.31. The summed E-state index contributed by atoms with van der Waals surface area (Å²) in [5.41, 5.74) is 0. The van der Waals surface area contributed by atoms with Crippen molar-refractivity contribution in [3.63, 3.8) is 0 Å². The predicted molar refractivity (Wildman–Crippen MR) is 71.2 cm³/mol. The van der Waals surface area contributed by atoms with Crippen LogP contribution in [0.3, 0.4) is 0 Å². The van der Waals surface area contributed by atoms with Crippen LogP contribution in [0.15, 0.2) is 0 Å². The third-order valence-electron chi connectivity index (χ3n) is 5.15. The highest BCUT2D eigenvalue weighted by atomic mass is 15.3. The number of nitrogens with zero attached hydrogens (tertiary/aromatic N) is 2. The van der Waals surface area contributed by atoms with Gasteiger partial charge in [0, 0.05) is 25.2 Å². The van der Waals surface area contributed by atoms with Crippen LogP contribution < -0.4 is 5.32 Å². The SMILES string of the molecule is CN1C2CCC1CN(CC1CCCNC1)CC2. The van der Waals surface area contributed by atoms with E-state index in [1.807, 2.05) is 0 Å². The number of piperidine rings is 1. The van der Waals surface area contributed by atoms with Crippen LogP contribution in [0.4, 0.5) is 0 Å². The third-order valence-corrected chi connectivity index (χ3v) is 5.15. The van der Waals surface area contributed by atoms with E-state index in [1.54, 1.807) is 0 Å². The Labute approximate surface area is 106 Å². The van der Waals surface area contributed by atoms with E-state index in [-0.39, 0.29) is 0 Å². The summed E-state index contributed by atoms with van der Waals surface area (Å²) >= 11 is 0. The van der Waals surface area contributed by atoms with Crippen LogP contribution in [0.5, 0.6) is 0 Å². The van der Waals surface area contributed by atoms with Crippen molar-refractivity contribution >= 4 is 0 Å². The van der Waals surface area contributed by atoms with Gasteiger partial charge in [-0.05, 0) is 64.7 Å². The van der Waals surface area contributed by atoms with Crippen molar-refractivity contribution in [1.29, 1.82) is 0 Å². The zero-order valence-corrected chi connectivity index (χ0v) is 11.2. The van der Waals surface area contributed by atoms with Crippen LogP contribution in [-0.4, -0.2) is 61.7 Å². The Hall–Kier alpha value is -0.120. The predicted octanol–water partition coefficient (Wildman–Crippen LogP) is 1.15. The van der Waals surface area contributed by atoms with Gasteiger partial charge in [0.05, 0.1) is 0 Å². The Morgan fingerprint density at radius 3 is 2.82 bits per heavy atom. The first-order valence-electron chi connectivity index (χ1n) is 7.48. The summed E-state index contributed by atoms with van der Waals surface area (Å²) in [4.78, 5) is 5.40. The van der Waals surface area contributed by atoms with Gasteiger partial charge in [-0.1, -0.05) is 0 Å². The van der Waals surface area contributed by atoms with Crippen LogP contribution in [0.2, 0.25) is 0 Å². The van der Waals surface area contributed by atoms with Crippen molar-refractivity contribution in [1.82, 2.24) is 15.1 Å². The van der Waals surface area contributed by atoms with Gasteiger partial charge >= 0.3 is 0 Å². The fourth-order valence-electron chi connectivity index (χ4n) is 3.99. The van der Waals surface area contributed by atoms with Gasteiger partial charge in [-0.2, -0.15) is 0 Å². The van der Waals surface area contributed by atoms with Crippen LogP contribution in [-0.2, 0) is 0 Å². The molecule has 3 heterocycles. The van der Waals surface area contributed by atoms with Crippen LogP contribution in [0.1, 0.15) is 32.1 Å². The molecule has 3 aliphatic rings. The van der Waals surface area contributed by atoms with E-state index < -0.39 is 0 Å². The topological polar surface area (TPSA) is 18.5 Å². The second kappa shape index (κ2) is 5.25. The Morgan fingerprint density at radius 2 is 2.00 bits per heavy atom. The van der Waals surface area contributed by atoms with Crippen LogP contribution in [0.25, 0.3) is 0 Å². The molecule has 0 aliphatic carbocycles. The van der Waals surface area contributed by atoms with Gasteiger partial charge in [-0.15, -0.1) is 0 Å². The van der Waals surface area contributed by atoms with Crippen LogP contribution in [0, 0.1) is 5.92 Å². The molecule has 2 bridgehead atoms. The molecule has 0 aromatic carbocycles. The Morgan fingerprint density at radius 1 is 1.12 bits per heavy atom. The lowest BCUT2D eigenvalue weighted by atomic mass is 9.98. The molecular formula is C14H27N3. The number of hydrogen-bond acceptors (Lipinski definition) is 3. The molecule has 3 atom stereocenters. The highest BCUT2D eigenvalue weighted by molar-refractivity contribution is 4.91. The minimum atomic E-state index is 0.846. The third kappa shape index (κ3) is 2.67. The minimum absolute atomic E-state index is 0.846. The summed E-state index contributed by atoms with van der Waals surface area (Å²) in [6.45, 7) is 6.49. The van der Waals surface area contributed by atoms with Crippen molar-refractivity contribution in [2.45, 2.75) is 44.2 Å². The summed E-state index contributed by atoms with van der Waals surface area (Å²) in [6.07, 6.45) is 7.09. The van der Waals surface area contributed by atoms with Gasteiger partial charge in [0.25, 0.3) is 0 Å². The zero-order valence-electron chi connectivity index (χ0n) is 11.2. The van der Waals surface area contributed by atoms with Crippen molar-refractivity contribution in [2.24, 2.45) is 5.92 Å². The van der Waals surface area contributed by atoms with Crippen molar-refractivity contribution in [3.8, 4) is 0 Å². The minimum Gasteiger partial charge on any atom is -0.316 e. The van der Waals surface area contributed by atoms with E-state index in [1.165, 1.54) is 64.8 Å². The first-order valence-corrected chi connectivity index (χ1v) is 7.48. The number of nitrogens with one attached hydrogen (secondary N) is 1. The molecule has 3 unspecified atom stereocenters. The summed E-state index contributed by atoms with van der Waals surface area (Å²) in [7, 11) is 2.34. The molecule has 0 saturated carbocycles. The lowest BCUT2D eigenvalue weighted by Crippen LogP contribution is -2.42. The average molecular weight is 237 g/mol. The number of rotatable bonds is 2. The van der Waals surface area contributed by atoms with Crippen molar-refractivity contribution < 1.29 is 0 Å². The molecule has 0 radical (unpaired) electrons. The lowest BCUT2D eigenvalue weighted by molar-refractivity contribution is 0.184. The Kier molecular flexibility index (Phi) is 3.69. The molecule has 3 fully saturated rings. The molecule has 0 aromatic heterocycles. The monoisotopic (exact) mass is 237 g/mol. The fourth-order valence-corrected chi connectivity index (χ4v) is 3.99. The van der Waals surface area contributed by atoms with Gasteiger partial charge in [-0.3, -0.25) is 4.90 Å². The highest BCUT2D eigenvalue weighted by Gasteiger charge is 2.34. The van der Waals surface area contributed by atoms with Gasteiger partial charge in [0.15, 0.2) is 0 Å². The first kappa shape index (κ1) is 11.9.